The third kappa shape index (κ3) is 2.09. The maximum atomic E-state index is 9.18. The first-order chi connectivity index (χ1) is 9.20. The molecule has 0 N–H and O–H groups in total. The van der Waals surface area contributed by atoms with E-state index in [1.54, 1.807) is 6.07 Å². The van der Waals surface area contributed by atoms with Gasteiger partial charge in [0, 0.05) is 11.6 Å². The molecule has 19 heavy (non-hydrogen) atoms. The van der Waals surface area contributed by atoms with Crippen LogP contribution in [-0.4, -0.2) is 16.2 Å². The second kappa shape index (κ2) is 4.84. The molecule has 0 amide bonds. The van der Waals surface area contributed by atoms with E-state index in [1.807, 2.05) is 13.0 Å². The molecule has 1 aliphatic rings. The predicted molar refractivity (Wildman–Crippen MR) is 73.0 cm³/mol. The number of aromatic nitrogens is 2. The molecule has 0 aliphatic carbocycles. The molecule has 2 aromatic rings. The molecule has 3 rings (SSSR count). The van der Waals surface area contributed by atoms with Crippen molar-refractivity contribution in [2.45, 2.75) is 32.4 Å². The van der Waals surface area contributed by atoms with Gasteiger partial charge in [0.25, 0.3) is 0 Å². The minimum absolute atomic E-state index is 0.00348. The van der Waals surface area contributed by atoms with E-state index in [-0.39, 0.29) is 6.23 Å². The molecular weight excluding hydrogens is 262 g/mol. The normalized spacial score (nSPS) is 19.5. The van der Waals surface area contributed by atoms with Gasteiger partial charge in [-0.25, -0.2) is 4.98 Å². The number of nitriles is 1. The lowest BCUT2D eigenvalue weighted by atomic mass is 10.1. The fourth-order valence-corrected chi connectivity index (χ4v) is 2.86. The van der Waals surface area contributed by atoms with E-state index in [9.17, 15) is 5.26 Å². The number of nitrogens with zero attached hydrogens (tertiary/aromatic N) is 3. The van der Waals surface area contributed by atoms with Gasteiger partial charge in [-0.15, -0.1) is 0 Å². The summed E-state index contributed by atoms with van der Waals surface area (Å²) in [6.45, 7) is 2.71. The molecule has 1 aromatic carbocycles. The molecule has 5 heteroatoms. The van der Waals surface area contributed by atoms with E-state index < -0.39 is 0 Å². The molecule has 1 fully saturated rings. The van der Waals surface area contributed by atoms with Crippen molar-refractivity contribution in [3.8, 4) is 6.07 Å². The highest BCUT2D eigenvalue weighted by Crippen LogP contribution is 2.31. The minimum Gasteiger partial charge on any atom is -0.358 e. The fraction of sp³-hybridized carbons (Fsp3) is 0.429. The molecule has 1 atom stereocenters. The SMILES string of the molecule is Cc1nc2c(C#N)cc(Cl)cc2n1C1CCCCO1. The zero-order valence-electron chi connectivity index (χ0n) is 10.7. The monoisotopic (exact) mass is 275 g/mol. The Morgan fingerprint density at radius 2 is 2.32 bits per heavy atom. The van der Waals surface area contributed by atoms with Crippen molar-refractivity contribution in [1.29, 1.82) is 5.26 Å². The van der Waals surface area contributed by atoms with Gasteiger partial charge in [-0.05, 0) is 38.3 Å². The summed E-state index contributed by atoms with van der Waals surface area (Å²) in [4.78, 5) is 4.50. The number of halogens is 1. The Kier molecular flexibility index (Phi) is 3.17. The summed E-state index contributed by atoms with van der Waals surface area (Å²) in [7, 11) is 0. The number of aryl methyl sites for hydroxylation is 1. The van der Waals surface area contributed by atoms with Gasteiger partial charge in [-0.1, -0.05) is 11.6 Å². The average Bonchev–Trinajstić information content (AvgIpc) is 2.75. The van der Waals surface area contributed by atoms with Crippen molar-refractivity contribution in [2.75, 3.05) is 6.61 Å². The molecule has 1 aromatic heterocycles. The topological polar surface area (TPSA) is 50.8 Å². The zero-order chi connectivity index (χ0) is 13.4. The Hall–Kier alpha value is -1.57. The van der Waals surface area contributed by atoms with Crippen LogP contribution in [0.1, 0.15) is 36.9 Å². The number of benzene rings is 1. The number of hydrogen-bond acceptors (Lipinski definition) is 3. The second-order valence-corrected chi connectivity index (χ2v) is 5.22. The Balaban J connectivity index is 2.21. The maximum Gasteiger partial charge on any atom is 0.135 e. The van der Waals surface area contributed by atoms with E-state index in [0.29, 0.717) is 16.1 Å². The minimum atomic E-state index is 0.00348. The van der Waals surface area contributed by atoms with Crippen LogP contribution in [0.15, 0.2) is 12.1 Å². The van der Waals surface area contributed by atoms with Gasteiger partial charge >= 0.3 is 0 Å². The second-order valence-electron chi connectivity index (χ2n) is 4.78. The molecule has 0 bridgehead atoms. The summed E-state index contributed by atoms with van der Waals surface area (Å²) in [6.07, 6.45) is 3.23. The third-order valence-corrected chi connectivity index (χ3v) is 3.72. The Morgan fingerprint density at radius 1 is 1.47 bits per heavy atom. The van der Waals surface area contributed by atoms with Gasteiger partial charge in [0.1, 0.15) is 23.6 Å². The van der Waals surface area contributed by atoms with Crippen LogP contribution in [-0.2, 0) is 4.74 Å². The van der Waals surface area contributed by atoms with Crippen molar-refractivity contribution in [2.24, 2.45) is 0 Å². The summed E-state index contributed by atoms with van der Waals surface area (Å²) < 4.78 is 7.88. The number of ether oxygens (including phenoxy) is 1. The van der Waals surface area contributed by atoms with Crippen LogP contribution >= 0.6 is 11.6 Å². The van der Waals surface area contributed by atoms with Crippen molar-refractivity contribution >= 4 is 22.6 Å². The molecule has 1 unspecified atom stereocenters. The number of rotatable bonds is 1. The van der Waals surface area contributed by atoms with Crippen molar-refractivity contribution in [3.05, 3.63) is 28.5 Å². The van der Waals surface area contributed by atoms with Crippen LogP contribution in [0.5, 0.6) is 0 Å². The first-order valence-electron chi connectivity index (χ1n) is 6.40. The molecule has 4 nitrogen and oxygen atoms in total. The van der Waals surface area contributed by atoms with Gasteiger partial charge in [-0.2, -0.15) is 5.26 Å². The Labute approximate surface area is 116 Å². The molecule has 0 spiro atoms. The summed E-state index contributed by atoms with van der Waals surface area (Å²) in [6, 6.07) is 5.67. The highest BCUT2D eigenvalue weighted by Gasteiger charge is 2.21. The standard InChI is InChI=1S/C14H14ClN3O/c1-9-17-14-10(8-16)6-11(15)7-12(14)18(9)13-4-2-3-5-19-13/h6-7,13H,2-5H2,1H3. The molecule has 0 radical (unpaired) electrons. The summed E-state index contributed by atoms with van der Waals surface area (Å²) in [5, 5.41) is 9.74. The van der Waals surface area contributed by atoms with E-state index in [2.05, 4.69) is 15.6 Å². The van der Waals surface area contributed by atoms with Crippen molar-refractivity contribution < 1.29 is 4.74 Å². The van der Waals surface area contributed by atoms with Gasteiger partial charge in [0.05, 0.1) is 11.1 Å². The van der Waals surface area contributed by atoms with Crippen LogP contribution < -0.4 is 0 Å². The lowest BCUT2D eigenvalue weighted by molar-refractivity contribution is -0.0306. The first-order valence-corrected chi connectivity index (χ1v) is 6.78. The molecular formula is C14H14ClN3O. The van der Waals surface area contributed by atoms with Crippen LogP contribution in [0, 0.1) is 18.3 Å². The molecule has 98 valence electrons. The van der Waals surface area contributed by atoms with Crippen LogP contribution in [0.3, 0.4) is 0 Å². The quantitative estimate of drug-likeness (QED) is 0.799. The largest absolute Gasteiger partial charge is 0.358 e. The lowest BCUT2D eigenvalue weighted by Crippen LogP contribution is -2.19. The van der Waals surface area contributed by atoms with Crippen LogP contribution in [0.4, 0.5) is 0 Å². The number of imidazole rings is 1. The lowest BCUT2D eigenvalue weighted by Gasteiger charge is -2.25. The average molecular weight is 276 g/mol. The summed E-state index contributed by atoms with van der Waals surface area (Å²) >= 11 is 6.09. The predicted octanol–water partition coefficient (Wildman–Crippen LogP) is 3.57. The highest BCUT2D eigenvalue weighted by molar-refractivity contribution is 6.31. The van der Waals surface area contributed by atoms with Crippen molar-refractivity contribution in [1.82, 2.24) is 9.55 Å². The van der Waals surface area contributed by atoms with E-state index >= 15 is 0 Å². The smallest absolute Gasteiger partial charge is 0.135 e. The summed E-state index contributed by atoms with van der Waals surface area (Å²) in [5.41, 5.74) is 2.10. The van der Waals surface area contributed by atoms with Gasteiger partial charge < -0.3 is 9.30 Å². The third-order valence-electron chi connectivity index (χ3n) is 3.50. The number of hydrogen-bond donors (Lipinski definition) is 0. The van der Waals surface area contributed by atoms with Crippen LogP contribution in [0.25, 0.3) is 11.0 Å². The van der Waals surface area contributed by atoms with E-state index in [4.69, 9.17) is 16.3 Å². The molecule has 1 saturated heterocycles. The molecule has 0 saturated carbocycles. The zero-order valence-corrected chi connectivity index (χ0v) is 11.4. The Morgan fingerprint density at radius 3 is 3.00 bits per heavy atom. The van der Waals surface area contributed by atoms with E-state index in [1.165, 1.54) is 0 Å². The van der Waals surface area contributed by atoms with Crippen molar-refractivity contribution in [3.63, 3.8) is 0 Å². The van der Waals surface area contributed by atoms with E-state index in [0.717, 1.165) is 37.2 Å². The van der Waals surface area contributed by atoms with Gasteiger partial charge in [-0.3, -0.25) is 0 Å². The highest BCUT2D eigenvalue weighted by atomic mass is 35.5. The van der Waals surface area contributed by atoms with Gasteiger partial charge in [0.2, 0.25) is 0 Å². The molecule has 1 aliphatic heterocycles. The number of fused-ring (bicyclic) bond motifs is 1. The van der Waals surface area contributed by atoms with Crippen LogP contribution in [0.2, 0.25) is 5.02 Å². The summed E-state index contributed by atoms with van der Waals surface area (Å²) in [5.74, 6) is 0.862. The van der Waals surface area contributed by atoms with Gasteiger partial charge in [0.15, 0.2) is 0 Å². The maximum absolute atomic E-state index is 9.18. The Bertz CT molecular complexity index is 665. The first kappa shape index (κ1) is 12.5. The molecule has 2 heterocycles. The fourth-order valence-electron chi connectivity index (χ4n) is 2.65.